The van der Waals surface area contributed by atoms with Crippen molar-refractivity contribution in [1.29, 1.82) is 0 Å². The van der Waals surface area contributed by atoms with E-state index in [1.165, 1.54) is 27.1 Å². The summed E-state index contributed by atoms with van der Waals surface area (Å²) in [6.07, 6.45) is 3.22. The Morgan fingerprint density at radius 1 is 1.28 bits per heavy atom. The lowest BCUT2D eigenvalue weighted by Gasteiger charge is -2.21. The smallest absolute Gasteiger partial charge is 0.216 e. The quantitative estimate of drug-likeness (QED) is 0.877. The molecule has 4 nitrogen and oxygen atoms in total. The van der Waals surface area contributed by atoms with E-state index in [4.69, 9.17) is 0 Å². The highest BCUT2D eigenvalue weighted by atomic mass is 32.2. The van der Waals surface area contributed by atoms with Crippen LogP contribution < -0.4 is 0 Å². The molecule has 0 aliphatic rings. The molecule has 1 atom stereocenters. The Labute approximate surface area is 109 Å². The molecule has 0 saturated carbocycles. The van der Waals surface area contributed by atoms with Gasteiger partial charge in [0.05, 0.1) is 11.4 Å². The summed E-state index contributed by atoms with van der Waals surface area (Å²) in [6, 6.07) is 9.42. The summed E-state index contributed by atoms with van der Waals surface area (Å²) in [5.74, 6) is -0.337. The summed E-state index contributed by atoms with van der Waals surface area (Å²) in [4.78, 5) is 0. The summed E-state index contributed by atoms with van der Waals surface area (Å²) in [7, 11) is -0.527. The van der Waals surface area contributed by atoms with Crippen LogP contribution in [0.2, 0.25) is 0 Å². The van der Waals surface area contributed by atoms with Crippen LogP contribution in [0, 0.1) is 0 Å². The van der Waals surface area contributed by atoms with Crippen molar-refractivity contribution in [3.8, 4) is 0 Å². The molecule has 1 aromatic carbocycles. The van der Waals surface area contributed by atoms with Crippen molar-refractivity contribution in [1.82, 2.24) is 4.31 Å². The number of benzene rings is 1. The van der Waals surface area contributed by atoms with Gasteiger partial charge < -0.3 is 5.11 Å². The van der Waals surface area contributed by atoms with Gasteiger partial charge in [-0.05, 0) is 12.5 Å². The van der Waals surface area contributed by atoms with E-state index in [1.807, 2.05) is 30.3 Å². The standard InChI is InChI=1S/C13H19NO3S/c1-13(15,11-18(16,17)14(2)3)10-9-12-7-5-4-6-8-12/h4-10,15H,11H2,1-3H3/b10-9+. The molecule has 0 aromatic heterocycles. The van der Waals surface area contributed by atoms with Crippen LogP contribution in [0.5, 0.6) is 0 Å². The molecule has 100 valence electrons. The van der Waals surface area contributed by atoms with E-state index in [-0.39, 0.29) is 5.75 Å². The van der Waals surface area contributed by atoms with Gasteiger partial charge in [0.1, 0.15) is 0 Å². The van der Waals surface area contributed by atoms with Crippen LogP contribution in [-0.2, 0) is 10.0 Å². The molecule has 0 aliphatic carbocycles. The minimum atomic E-state index is -3.43. The zero-order valence-corrected chi connectivity index (χ0v) is 11.7. The largest absolute Gasteiger partial charge is 0.385 e. The van der Waals surface area contributed by atoms with Gasteiger partial charge in [-0.15, -0.1) is 0 Å². The number of sulfonamides is 1. The molecular formula is C13H19NO3S. The van der Waals surface area contributed by atoms with E-state index in [0.29, 0.717) is 0 Å². The van der Waals surface area contributed by atoms with E-state index in [9.17, 15) is 13.5 Å². The van der Waals surface area contributed by atoms with Crippen molar-refractivity contribution in [2.45, 2.75) is 12.5 Å². The van der Waals surface area contributed by atoms with Gasteiger partial charge in [0.25, 0.3) is 0 Å². The summed E-state index contributed by atoms with van der Waals surface area (Å²) < 4.78 is 24.5. The molecule has 0 fully saturated rings. The number of rotatable bonds is 5. The maximum Gasteiger partial charge on any atom is 0.216 e. The topological polar surface area (TPSA) is 57.6 Å². The molecule has 0 aliphatic heterocycles. The summed E-state index contributed by atoms with van der Waals surface area (Å²) in [6.45, 7) is 1.48. The summed E-state index contributed by atoms with van der Waals surface area (Å²) in [5, 5.41) is 10.1. The maximum absolute atomic E-state index is 11.7. The Kier molecular flexibility index (Phi) is 4.67. The molecule has 0 bridgehead atoms. The molecule has 18 heavy (non-hydrogen) atoms. The Bertz CT molecular complexity index is 504. The Morgan fingerprint density at radius 2 is 1.83 bits per heavy atom. The van der Waals surface area contributed by atoms with Crippen LogP contribution in [0.1, 0.15) is 12.5 Å². The van der Waals surface area contributed by atoms with Gasteiger partial charge in [0.2, 0.25) is 10.0 Å². The predicted octanol–water partition coefficient (Wildman–Crippen LogP) is 1.34. The van der Waals surface area contributed by atoms with Crippen LogP contribution in [0.25, 0.3) is 6.08 Å². The third-order valence-electron chi connectivity index (χ3n) is 2.47. The third-order valence-corrected chi connectivity index (χ3v) is 4.53. The lowest BCUT2D eigenvalue weighted by atomic mass is 10.1. The fourth-order valence-electron chi connectivity index (χ4n) is 1.39. The lowest BCUT2D eigenvalue weighted by Crippen LogP contribution is -2.37. The molecule has 0 spiro atoms. The van der Waals surface area contributed by atoms with E-state index < -0.39 is 15.6 Å². The highest BCUT2D eigenvalue weighted by Crippen LogP contribution is 2.13. The monoisotopic (exact) mass is 269 g/mol. The average molecular weight is 269 g/mol. The van der Waals surface area contributed by atoms with Crippen LogP contribution in [-0.4, -0.2) is 43.3 Å². The number of hydrogen-bond donors (Lipinski definition) is 1. The Morgan fingerprint density at radius 3 is 2.33 bits per heavy atom. The molecule has 5 heteroatoms. The molecule has 0 amide bonds. The highest BCUT2D eigenvalue weighted by Gasteiger charge is 2.27. The first-order valence-corrected chi connectivity index (χ1v) is 7.21. The van der Waals surface area contributed by atoms with E-state index in [2.05, 4.69) is 0 Å². The Balaban J connectivity index is 2.80. The minimum Gasteiger partial charge on any atom is -0.385 e. The van der Waals surface area contributed by atoms with Crippen molar-refractivity contribution >= 4 is 16.1 Å². The SMILES string of the molecule is CN(C)S(=O)(=O)CC(C)(O)/C=C/c1ccccc1. The molecule has 1 rings (SSSR count). The van der Waals surface area contributed by atoms with Gasteiger partial charge in [0, 0.05) is 14.1 Å². The average Bonchev–Trinajstić information content (AvgIpc) is 2.26. The molecule has 1 N–H and O–H groups in total. The zero-order valence-electron chi connectivity index (χ0n) is 10.9. The molecule has 1 unspecified atom stereocenters. The van der Waals surface area contributed by atoms with Crippen molar-refractivity contribution in [3.63, 3.8) is 0 Å². The number of aliphatic hydroxyl groups is 1. The van der Waals surface area contributed by atoms with Crippen LogP contribution >= 0.6 is 0 Å². The third kappa shape index (κ3) is 4.60. The van der Waals surface area contributed by atoms with E-state index in [1.54, 1.807) is 6.08 Å². The molecule has 0 heterocycles. The van der Waals surface area contributed by atoms with Gasteiger partial charge in [-0.1, -0.05) is 42.5 Å². The molecule has 0 saturated heterocycles. The fraction of sp³-hybridized carbons (Fsp3) is 0.385. The van der Waals surface area contributed by atoms with Gasteiger partial charge in [-0.3, -0.25) is 0 Å². The predicted molar refractivity (Wildman–Crippen MR) is 73.6 cm³/mol. The van der Waals surface area contributed by atoms with Crippen LogP contribution in [0.15, 0.2) is 36.4 Å². The molecule has 1 aromatic rings. The zero-order chi connectivity index (χ0) is 13.8. The number of hydrogen-bond acceptors (Lipinski definition) is 3. The second-order valence-corrected chi connectivity index (χ2v) is 6.82. The molecular weight excluding hydrogens is 250 g/mol. The summed E-state index contributed by atoms with van der Waals surface area (Å²) >= 11 is 0. The van der Waals surface area contributed by atoms with Gasteiger partial charge in [-0.25, -0.2) is 12.7 Å². The van der Waals surface area contributed by atoms with Gasteiger partial charge in [-0.2, -0.15) is 0 Å². The first-order chi connectivity index (χ1) is 8.23. The van der Waals surface area contributed by atoms with Crippen molar-refractivity contribution < 1.29 is 13.5 Å². The fourth-order valence-corrected chi connectivity index (χ4v) is 2.48. The van der Waals surface area contributed by atoms with Crippen molar-refractivity contribution in [2.24, 2.45) is 0 Å². The lowest BCUT2D eigenvalue weighted by molar-refractivity contribution is 0.136. The highest BCUT2D eigenvalue weighted by molar-refractivity contribution is 7.89. The number of nitrogens with zero attached hydrogens (tertiary/aromatic N) is 1. The van der Waals surface area contributed by atoms with Crippen LogP contribution in [0.4, 0.5) is 0 Å². The van der Waals surface area contributed by atoms with Gasteiger partial charge >= 0.3 is 0 Å². The first kappa shape index (κ1) is 14.9. The summed E-state index contributed by atoms with van der Waals surface area (Å²) in [5.41, 5.74) is -0.473. The second kappa shape index (κ2) is 5.65. The van der Waals surface area contributed by atoms with E-state index in [0.717, 1.165) is 9.87 Å². The minimum absolute atomic E-state index is 0.337. The maximum atomic E-state index is 11.7. The normalized spacial score (nSPS) is 16.1. The van der Waals surface area contributed by atoms with Gasteiger partial charge in [0.15, 0.2) is 0 Å². The van der Waals surface area contributed by atoms with Crippen molar-refractivity contribution in [2.75, 3.05) is 19.8 Å². The Hall–Kier alpha value is -1.17. The van der Waals surface area contributed by atoms with Crippen LogP contribution in [0.3, 0.4) is 0 Å². The molecule has 0 radical (unpaired) electrons. The first-order valence-electron chi connectivity index (χ1n) is 5.60. The van der Waals surface area contributed by atoms with Crippen molar-refractivity contribution in [3.05, 3.63) is 42.0 Å². The van der Waals surface area contributed by atoms with E-state index >= 15 is 0 Å². The second-order valence-electron chi connectivity index (χ2n) is 4.64.